The molecule has 0 spiro atoms. The van der Waals surface area contributed by atoms with E-state index in [1.165, 1.54) is 5.56 Å². The zero-order valence-electron chi connectivity index (χ0n) is 12.5. The van der Waals surface area contributed by atoms with Gasteiger partial charge in [0.15, 0.2) is 5.75 Å². The van der Waals surface area contributed by atoms with Crippen molar-refractivity contribution in [3.63, 3.8) is 0 Å². The molecule has 0 aliphatic rings. The Morgan fingerprint density at radius 1 is 1.35 bits per heavy atom. The van der Waals surface area contributed by atoms with Crippen LogP contribution in [0, 0.1) is 6.92 Å². The van der Waals surface area contributed by atoms with Crippen molar-refractivity contribution in [2.24, 2.45) is 5.73 Å². The molecule has 1 heterocycles. The van der Waals surface area contributed by atoms with E-state index in [-0.39, 0.29) is 6.04 Å². The lowest BCUT2D eigenvalue weighted by atomic mass is 10.0. The van der Waals surface area contributed by atoms with Gasteiger partial charge in [0.1, 0.15) is 5.75 Å². The molecule has 2 rings (SSSR count). The van der Waals surface area contributed by atoms with Gasteiger partial charge in [0.2, 0.25) is 0 Å². The highest BCUT2D eigenvalue weighted by Crippen LogP contribution is 2.26. The van der Waals surface area contributed by atoms with Crippen molar-refractivity contribution in [2.45, 2.75) is 46.2 Å². The van der Waals surface area contributed by atoms with Gasteiger partial charge in [-0.3, -0.25) is 4.68 Å². The van der Waals surface area contributed by atoms with Crippen molar-refractivity contribution < 1.29 is 4.74 Å². The fourth-order valence-electron chi connectivity index (χ4n) is 2.03. The molecule has 4 nitrogen and oxygen atoms in total. The summed E-state index contributed by atoms with van der Waals surface area (Å²) in [6.07, 6.45) is 5.51. The zero-order valence-corrected chi connectivity index (χ0v) is 12.5. The number of nitrogens with zero attached hydrogens (tertiary/aromatic N) is 2. The molecule has 0 saturated heterocycles. The summed E-state index contributed by atoms with van der Waals surface area (Å²) in [7, 11) is 0. The molecule has 0 bridgehead atoms. The molecule has 0 aliphatic heterocycles. The van der Waals surface area contributed by atoms with E-state index >= 15 is 0 Å². The SMILES string of the molecule is CCC(N)Cc1ccc(C)c(Oc2cnn(CC)c2)c1. The fraction of sp³-hybridized carbons (Fsp3) is 0.438. The van der Waals surface area contributed by atoms with E-state index in [2.05, 4.69) is 37.1 Å². The Labute approximate surface area is 120 Å². The van der Waals surface area contributed by atoms with Crippen LogP contribution in [0.1, 0.15) is 31.4 Å². The van der Waals surface area contributed by atoms with Crippen molar-refractivity contribution in [1.82, 2.24) is 9.78 Å². The molecule has 0 aliphatic carbocycles. The van der Waals surface area contributed by atoms with Gasteiger partial charge in [-0.25, -0.2) is 0 Å². The van der Waals surface area contributed by atoms with Crippen LogP contribution in [0.4, 0.5) is 0 Å². The van der Waals surface area contributed by atoms with Gasteiger partial charge >= 0.3 is 0 Å². The molecule has 1 atom stereocenters. The van der Waals surface area contributed by atoms with E-state index in [0.717, 1.165) is 36.4 Å². The van der Waals surface area contributed by atoms with Crippen molar-refractivity contribution in [2.75, 3.05) is 0 Å². The van der Waals surface area contributed by atoms with E-state index in [4.69, 9.17) is 10.5 Å². The molecule has 2 aromatic rings. The Morgan fingerprint density at radius 2 is 2.15 bits per heavy atom. The summed E-state index contributed by atoms with van der Waals surface area (Å²) in [5, 5.41) is 4.22. The van der Waals surface area contributed by atoms with Crippen LogP contribution in [0.15, 0.2) is 30.6 Å². The largest absolute Gasteiger partial charge is 0.454 e. The quantitative estimate of drug-likeness (QED) is 0.878. The maximum atomic E-state index is 6.01. The summed E-state index contributed by atoms with van der Waals surface area (Å²) in [6.45, 7) is 7.04. The fourth-order valence-corrected chi connectivity index (χ4v) is 2.03. The van der Waals surface area contributed by atoms with Gasteiger partial charge in [-0.05, 0) is 43.9 Å². The summed E-state index contributed by atoms with van der Waals surface area (Å²) in [5.74, 6) is 1.65. The molecule has 1 aromatic heterocycles. The molecule has 1 aromatic carbocycles. The third kappa shape index (κ3) is 3.61. The van der Waals surface area contributed by atoms with Crippen LogP contribution in [-0.2, 0) is 13.0 Å². The molecule has 0 amide bonds. The van der Waals surface area contributed by atoms with Gasteiger partial charge < -0.3 is 10.5 Å². The Kier molecular flexibility index (Phi) is 4.79. The number of nitrogens with two attached hydrogens (primary N) is 1. The molecule has 0 radical (unpaired) electrons. The molecule has 4 heteroatoms. The number of hydrogen-bond acceptors (Lipinski definition) is 3. The topological polar surface area (TPSA) is 53.1 Å². The van der Waals surface area contributed by atoms with Gasteiger partial charge in [-0.1, -0.05) is 19.1 Å². The highest BCUT2D eigenvalue weighted by atomic mass is 16.5. The van der Waals surface area contributed by atoms with Crippen LogP contribution >= 0.6 is 0 Å². The lowest BCUT2D eigenvalue weighted by molar-refractivity contribution is 0.476. The van der Waals surface area contributed by atoms with Gasteiger partial charge in [-0.15, -0.1) is 0 Å². The van der Waals surface area contributed by atoms with E-state index < -0.39 is 0 Å². The monoisotopic (exact) mass is 273 g/mol. The first-order chi connectivity index (χ1) is 9.62. The van der Waals surface area contributed by atoms with Crippen molar-refractivity contribution in [1.29, 1.82) is 0 Å². The van der Waals surface area contributed by atoms with Crippen LogP contribution in [0.3, 0.4) is 0 Å². The average Bonchev–Trinajstić information content (AvgIpc) is 2.90. The first-order valence-electron chi connectivity index (χ1n) is 7.17. The van der Waals surface area contributed by atoms with E-state index in [1.54, 1.807) is 6.20 Å². The number of hydrogen-bond donors (Lipinski definition) is 1. The lowest BCUT2D eigenvalue weighted by Gasteiger charge is -2.12. The predicted molar refractivity (Wildman–Crippen MR) is 81.1 cm³/mol. The molecule has 0 fully saturated rings. The number of benzene rings is 1. The second kappa shape index (κ2) is 6.57. The Bertz CT molecular complexity index is 563. The van der Waals surface area contributed by atoms with Crippen molar-refractivity contribution in [3.8, 4) is 11.5 Å². The van der Waals surface area contributed by atoms with E-state index in [1.807, 2.05) is 17.8 Å². The van der Waals surface area contributed by atoms with Gasteiger partial charge in [0.25, 0.3) is 0 Å². The number of ether oxygens (including phenoxy) is 1. The standard InChI is InChI=1S/C16H23N3O/c1-4-14(17)8-13-7-6-12(3)16(9-13)20-15-10-18-19(5-2)11-15/h6-7,9-11,14H,4-5,8,17H2,1-3H3. The van der Waals surface area contributed by atoms with Crippen molar-refractivity contribution >= 4 is 0 Å². The molecular formula is C16H23N3O. The normalized spacial score (nSPS) is 12.4. The smallest absolute Gasteiger partial charge is 0.165 e. The molecular weight excluding hydrogens is 250 g/mol. The molecule has 0 saturated carbocycles. The second-order valence-corrected chi connectivity index (χ2v) is 5.11. The molecule has 2 N–H and O–H groups in total. The summed E-state index contributed by atoms with van der Waals surface area (Å²) in [4.78, 5) is 0. The predicted octanol–water partition coefficient (Wildman–Crippen LogP) is 3.28. The second-order valence-electron chi connectivity index (χ2n) is 5.11. The summed E-state index contributed by atoms with van der Waals surface area (Å²) >= 11 is 0. The van der Waals surface area contributed by atoms with Crippen LogP contribution in [0.25, 0.3) is 0 Å². The minimum Gasteiger partial charge on any atom is -0.454 e. The average molecular weight is 273 g/mol. The Hall–Kier alpha value is -1.81. The number of rotatable bonds is 6. The molecule has 20 heavy (non-hydrogen) atoms. The Balaban J connectivity index is 2.15. The minimum atomic E-state index is 0.202. The third-order valence-corrected chi connectivity index (χ3v) is 3.44. The maximum Gasteiger partial charge on any atom is 0.165 e. The van der Waals surface area contributed by atoms with Crippen LogP contribution in [0.2, 0.25) is 0 Å². The highest BCUT2D eigenvalue weighted by molar-refractivity contribution is 5.39. The summed E-state index contributed by atoms with van der Waals surface area (Å²) in [5.41, 5.74) is 8.34. The molecule has 108 valence electrons. The lowest BCUT2D eigenvalue weighted by Crippen LogP contribution is -2.21. The van der Waals surface area contributed by atoms with Crippen LogP contribution in [-0.4, -0.2) is 15.8 Å². The van der Waals surface area contributed by atoms with E-state index in [0.29, 0.717) is 0 Å². The van der Waals surface area contributed by atoms with Gasteiger partial charge in [-0.2, -0.15) is 5.10 Å². The molecule has 1 unspecified atom stereocenters. The third-order valence-electron chi connectivity index (χ3n) is 3.44. The van der Waals surface area contributed by atoms with Crippen LogP contribution < -0.4 is 10.5 Å². The van der Waals surface area contributed by atoms with Crippen LogP contribution in [0.5, 0.6) is 11.5 Å². The van der Waals surface area contributed by atoms with Gasteiger partial charge in [0, 0.05) is 12.6 Å². The van der Waals surface area contributed by atoms with E-state index in [9.17, 15) is 0 Å². The Morgan fingerprint density at radius 3 is 2.80 bits per heavy atom. The van der Waals surface area contributed by atoms with Gasteiger partial charge in [0.05, 0.1) is 12.4 Å². The summed E-state index contributed by atoms with van der Waals surface area (Å²) < 4.78 is 7.77. The first kappa shape index (κ1) is 14.6. The minimum absolute atomic E-state index is 0.202. The highest BCUT2D eigenvalue weighted by Gasteiger charge is 2.07. The zero-order chi connectivity index (χ0) is 14.5. The maximum absolute atomic E-state index is 6.01. The number of aryl methyl sites for hydroxylation is 2. The first-order valence-corrected chi connectivity index (χ1v) is 7.17. The van der Waals surface area contributed by atoms with Crippen molar-refractivity contribution in [3.05, 3.63) is 41.7 Å². The number of aromatic nitrogens is 2. The summed E-state index contributed by atoms with van der Waals surface area (Å²) in [6, 6.07) is 6.48.